The van der Waals surface area contributed by atoms with Crippen molar-refractivity contribution in [2.45, 2.75) is 26.2 Å². The van der Waals surface area contributed by atoms with E-state index in [2.05, 4.69) is 6.58 Å². The first-order valence-electron chi connectivity index (χ1n) is 3.65. The van der Waals surface area contributed by atoms with Crippen molar-refractivity contribution in [3.8, 4) is 0 Å². The van der Waals surface area contributed by atoms with Crippen LogP contribution in [0.15, 0.2) is 11.6 Å². The zero-order chi connectivity index (χ0) is 8.69. The third-order valence-corrected chi connectivity index (χ3v) is 1.32. The fraction of sp³-hybridized carbons (Fsp3) is 0.625. The fourth-order valence-electron chi connectivity index (χ4n) is 0.658. The molecule has 0 radical (unpaired) electrons. The van der Waals surface area contributed by atoms with Gasteiger partial charge in [-0.1, -0.05) is 18.2 Å². The van der Waals surface area contributed by atoms with E-state index in [1.54, 1.807) is 6.92 Å². The molecule has 0 N–H and O–H groups in total. The van der Waals surface area contributed by atoms with Crippen molar-refractivity contribution in [3.05, 3.63) is 11.6 Å². The summed E-state index contributed by atoms with van der Waals surface area (Å²) in [6, 6.07) is 0. The van der Waals surface area contributed by atoms with Crippen LogP contribution in [0, 0.1) is 0 Å². The Morgan fingerprint density at radius 1 is 1.55 bits per heavy atom. The molecule has 0 saturated carbocycles. The van der Waals surface area contributed by atoms with Crippen LogP contribution in [-0.2, 0) is 9.53 Å². The van der Waals surface area contributed by atoms with Crippen molar-refractivity contribution >= 4 is 17.6 Å². The Hall–Kier alpha value is -0.500. The highest BCUT2D eigenvalue weighted by atomic mass is 35.5. The van der Waals surface area contributed by atoms with Crippen LogP contribution >= 0.6 is 11.6 Å². The summed E-state index contributed by atoms with van der Waals surface area (Å²) in [4.78, 5) is 10.7. The number of carbonyl (C=O) groups excluding carboxylic acids is 1. The molecule has 0 heterocycles. The predicted octanol–water partition coefficient (Wildman–Crippen LogP) is 2.47. The highest BCUT2D eigenvalue weighted by Crippen LogP contribution is 2.08. The van der Waals surface area contributed by atoms with Crippen LogP contribution in [0.2, 0.25) is 0 Å². The predicted molar refractivity (Wildman–Crippen MR) is 45.5 cm³/mol. The fourth-order valence-corrected chi connectivity index (χ4v) is 0.791. The van der Waals surface area contributed by atoms with Gasteiger partial charge in [-0.2, -0.15) is 0 Å². The lowest BCUT2D eigenvalue weighted by Crippen LogP contribution is -2.02. The van der Waals surface area contributed by atoms with Gasteiger partial charge in [-0.25, -0.2) is 0 Å². The first-order chi connectivity index (χ1) is 5.16. The molecule has 0 atom stereocenters. The summed E-state index contributed by atoms with van der Waals surface area (Å²) < 4.78 is 4.71. The number of esters is 1. The number of rotatable bonds is 5. The maximum atomic E-state index is 10.7. The molecule has 0 aliphatic heterocycles. The minimum atomic E-state index is -0.162. The van der Waals surface area contributed by atoms with E-state index in [1.165, 1.54) is 0 Å². The van der Waals surface area contributed by atoms with Gasteiger partial charge in [0.1, 0.15) is 0 Å². The average molecular weight is 177 g/mol. The van der Waals surface area contributed by atoms with E-state index in [1.807, 2.05) is 0 Å². The lowest BCUT2D eigenvalue weighted by atomic mass is 10.2. The molecule has 0 aliphatic rings. The van der Waals surface area contributed by atoms with Gasteiger partial charge in [0.05, 0.1) is 6.61 Å². The Balaban J connectivity index is 3.24. The van der Waals surface area contributed by atoms with Gasteiger partial charge >= 0.3 is 5.97 Å². The summed E-state index contributed by atoms with van der Waals surface area (Å²) in [5.74, 6) is -0.162. The summed E-state index contributed by atoms with van der Waals surface area (Å²) >= 11 is 5.49. The zero-order valence-electron chi connectivity index (χ0n) is 6.73. The number of carbonyl (C=O) groups is 1. The monoisotopic (exact) mass is 176 g/mol. The number of ether oxygens (including phenoxy) is 1. The lowest BCUT2D eigenvalue weighted by Gasteiger charge is -1.99. The highest BCUT2D eigenvalue weighted by Gasteiger charge is 2.00. The summed E-state index contributed by atoms with van der Waals surface area (Å²) in [5.41, 5.74) is 0. The molecule has 0 unspecified atom stereocenters. The van der Waals surface area contributed by atoms with Gasteiger partial charge in [0, 0.05) is 11.5 Å². The molecule has 2 nitrogen and oxygen atoms in total. The van der Waals surface area contributed by atoms with E-state index in [0.29, 0.717) is 24.5 Å². The van der Waals surface area contributed by atoms with E-state index in [-0.39, 0.29) is 5.97 Å². The molecule has 11 heavy (non-hydrogen) atoms. The van der Waals surface area contributed by atoms with Crippen LogP contribution in [0.25, 0.3) is 0 Å². The smallest absolute Gasteiger partial charge is 0.305 e. The van der Waals surface area contributed by atoms with Crippen LogP contribution in [-0.4, -0.2) is 12.6 Å². The van der Waals surface area contributed by atoms with Crippen molar-refractivity contribution in [2.75, 3.05) is 6.61 Å². The third-order valence-electron chi connectivity index (χ3n) is 1.13. The summed E-state index contributed by atoms with van der Waals surface area (Å²) in [7, 11) is 0. The van der Waals surface area contributed by atoms with Crippen molar-refractivity contribution < 1.29 is 9.53 Å². The van der Waals surface area contributed by atoms with Gasteiger partial charge in [-0.05, 0) is 19.8 Å². The van der Waals surface area contributed by atoms with Crippen LogP contribution in [0.5, 0.6) is 0 Å². The summed E-state index contributed by atoms with van der Waals surface area (Å²) in [6.45, 7) is 5.75. The molecule has 0 bridgehead atoms. The van der Waals surface area contributed by atoms with Crippen LogP contribution in [0.4, 0.5) is 0 Å². The first-order valence-corrected chi connectivity index (χ1v) is 4.03. The number of allylic oxidation sites excluding steroid dienone is 1. The molecule has 64 valence electrons. The molecular weight excluding hydrogens is 164 g/mol. The Kier molecular flexibility index (Phi) is 5.94. The molecule has 0 aromatic carbocycles. The molecule has 0 rings (SSSR count). The van der Waals surface area contributed by atoms with E-state index in [4.69, 9.17) is 16.3 Å². The molecule has 0 saturated heterocycles. The van der Waals surface area contributed by atoms with E-state index < -0.39 is 0 Å². The molecule has 0 aromatic rings. The summed E-state index contributed by atoms with van der Waals surface area (Å²) in [6.07, 6.45) is 1.83. The lowest BCUT2D eigenvalue weighted by molar-refractivity contribution is -0.143. The van der Waals surface area contributed by atoms with Crippen molar-refractivity contribution in [1.82, 2.24) is 0 Å². The maximum absolute atomic E-state index is 10.7. The largest absolute Gasteiger partial charge is 0.466 e. The van der Waals surface area contributed by atoms with Crippen LogP contribution in [0.3, 0.4) is 0 Å². The van der Waals surface area contributed by atoms with Crippen LogP contribution in [0.1, 0.15) is 26.2 Å². The quantitative estimate of drug-likeness (QED) is 0.602. The second-order valence-electron chi connectivity index (χ2n) is 2.18. The molecular formula is C8H13ClO2. The Morgan fingerprint density at radius 2 is 2.18 bits per heavy atom. The normalized spacial score (nSPS) is 9.27. The van der Waals surface area contributed by atoms with Gasteiger partial charge in [0.15, 0.2) is 0 Å². The van der Waals surface area contributed by atoms with Gasteiger partial charge in [-0.3, -0.25) is 4.79 Å². The van der Waals surface area contributed by atoms with Crippen molar-refractivity contribution in [1.29, 1.82) is 0 Å². The molecule has 0 amide bonds. The van der Waals surface area contributed by atoms with Gasteiger partial charge in [0.2, 0.25) is 0 Å². The second kappa shape index (κ2) is 6.23. The average Bonchev–Trinajstić information content (AvgIpc) is 1.87. The van der Waals surface area contributed by atoms with E-state index >= 15 is 0 Å². The van der Waals surface area contributed by atoms with E-state index in [0.717, 1.165) is 6.42 Å². The molecule has 0 aliphatic carbocycles. The third kappa shape index (κ3) is 7.40. The molecule has 0 spiro atoms. The number of hydrogen-bond acceptors (Lipinski definition) is 2. The van der Waals surface area contributed by atoms with E-state index in [9.17, 15) is 4.79 Å². The number of halogens is 1. The SMILES string of the molecule is C=C(Cl)CCCC(=O)OCC. The summed E-state index contributed by atoms with van der Waals surface area (Å²) in [5, 5.41) is 0.592. The molecule has 0 fully saturated rings. The number of hydrogen-bond donors (Lipinski definition) is 0. The second-order valence-corrected chi connectivity index (χ2v) is 2.71. The maximum Gasteiger partial charge on any atom is 0.305 e. The Morgan fingerprint density at radius 3 is 2.64 bits per heavy atom. The molecule has 0 aromatic heterocycles. The van der Waals surface area contributed by atoms with Gasteiger partial charge in [0.25, 0.3) is 0 Å². The zero-order valence-corrected chi connectivity index (χ0v) is 7.49. The van der Waals surface area contributed by atoms with Gasteiger partial charge in [-0.15, -0.1) is 0 Å². The Labute approximate surface area is 72.2 Å². The minimum absolute atomic E-state index is 0.162. The van der Waals surface area contributed by atoms with Gasteiger partial charge < -0.3 is 4.74 Å². The topological polar surface area (TPSA) is 26.3 Å². The van der Waals surface area contributed by atoms with Crippen LogP contribution < -0.4 is 0 Å². The van der Waals surface area contributed by atoms with Crippen molar-refractivity contribution in [2.24, 2.45) is 0 Å². The standard InChI is InChI=1S/C8H13ClO2/c1-3-11-8(10)6-4-5-7(2)9/h2-6H2,1H3. The first kappa shape index (κ1) is 10.5. The minimum Gasteiger partial charge on any atom is -0.466 e. The van der Waals surface area contributed by atoms with Crippen molar-refractivity contribution in [3.63, 3.8) is 0 Å². The highest BCUT2D eigenvalue weighted by molar-refractivity contribution is 6.29. The molecule has 3 heteroatoms. The Bertz CT molecular complexity index is 143.